The van der Waals surface area contributed by atoms with Crippen LogP contribution >= 0.6 is 15.9 Å². The highest BCUT2D eigenvalue weighted by Gasteiger charge is 2.23. The fraction of sp³-hybridized carbons (Fsp3) is 0.733. The van der Waals surface area contributed by atoms with Crippen LogP contribution in [0.2, 0.25) is 0 Å². The molecule has 0 atom stereocenters. The molecule has 2 fully saturated rings. The Morgan fingerprint density at radius 1 is 1.29 bits per heavy atom. The number of nitrogens with two attached hydrogens (primary N) is 1. The second-order valence-corrected chi connectivity index (χ2v) is 7.26. The van der Waals surface area contributed by atoms with Crippen molar-refractivity contribution in [3.05, 3.63) is 21.0 Å². The van der Waals surface area contributed by atoms with Crippen molar-refractivity contribution < 1.29 is 0 Å². The molecule has 1 heterocycles. The molecule has 5 nitrogen and oxygen atoms in total. The van der Waals surface area contributed by atoms with Crippen LogP contribution in [0.3, 0.4) is 0 Å². The van der Waals surface area contributed by atoms with Crippen molar-refractivity contribution in [1.29, 1.82) is 0 Å². The molecular weight excluding hydrogens is 332 g/mol. The fourth-order valence-corrected chi connectivity index (χ4v) is 3.49. The van der Waals surface area contributed by atoms with Gasteiger partial charge in [0.05, 0.1) is 10.7 Å². The largest absolute Gasteiger partial charge is 0.377 e. The first-order valence-corrected chi connectivity index (χ1v) is 8.70. The summed E-state index contributed by atoms with van der Waals surface area (Å²) in [4.78, 5) is 12.6. The molecule has 0 amide bonds. The van der Waals surface area contributed by atoms with E-state index in [4.69, 9.17) is 5.73 Å². The van der Waals surface area contributed by atoms with Gasteiger partial charge < -0.3 is 11.1 Å². The van der Waals surface area contributed by atoms with Crippen LogP contribution in [0, 0.1) is 5.92 Å². The number of halogens is 1. The van der Waals surface area contributed by atoms with E-state index in [9.17, 15) is 4.79 Å². The van der Waals surface area contributed by atoms with E-state index in [1.165, 1.54) is 19.3 Å². The van der Waals surface area contributed by atoms with Gasteiger partial charge in [-0.05, 0) is 60.4 Å². The van der Waals surface area contributed by atoms with Crippen molar-refractivity contribution in [3.63, 3.8) is 0 Å². The first-order valence-electron chi connectivity index (χ1n) is 7.91. The van der Waals surface area contributed by atoms with E-state index >= 15 is 0 Å². The lowest BCUT2D eigenvalue weighted by Gasteiger charge is -2.28. The van der Waals surface area contributed by atoms with Crippen LogP contribution in [-0.2, 0) is 6.54 Å². The lowest BCUT2D eigenvalue weighted by Crippen LogP contribution is -2.36. The third-order valence-corrected chi connectivity index (χ3v) is 5.38. The van der Waals surface area contributed by atoms with Gasteiger partial charge >= 0.3 is 0 Å². The van der Waals surface area contributed by atoms with Crippen molar-refractivity contribution >= 4 is 21.6 Å². The van der Waals surface area contributed by atoms with E-state index < -0.39 is 0 Å². The number of anilines is 1. The fourth-order valence-electron chi connectivity index (χ4n) is 3.12. The topological polar surface area (TPSA) is 72.9 Å². The van der Waals surface area contributed by atoms with Crippen LogP contribution in [0.1, 0.15) is 44.9 Å². The Morgan fingerprint density at radius 3 is 2.62 bits per heavy atom. The van der Waals surface area contributed by atoms with Crippen molar-refractivity contribution in [3.8, 4) is 0 Å². The molecule has 2 saturated carbocycles. The summed E-state index contributed by atoms with van der Waals surface area (Å²) in [7, 11) is 0. The molecule has 0 spiro atoms. The molecule has 2 aliphatic carbocycles. The predicted octanol–water partition coefficient (Wildman–Crippen LogP) is 2.49. The maximum atomic E-state index is 12.6. The van der Waals surface area contributed by atoms with Gasteiger partial charge in [-0.25, -0.2) is 4.68 Å². The normalized spacial score (nSPS) is 26.4. The molecule has 0 aromatic carbocycles. The van der Waals surface area contributed by atoms with E-state index in [2.05, 4.69) is 26.3 Å². The number of hydrogen-bond donors (Lipinski definition) is 2. The number of nitrogens with one attached hydrogen (secondary N) is 1. The van der Waals surface area contributed by atoms with Crippen LogP contribution in [0.5, 0.6) is 0 Å². The summed E-state index contributed by atoms with van der Waals surface area (Å²) in [6.07, 6.45) is 9.55. The summed E-state index contributed by atoms with van der Waals surface area (Å²) < 4.78 is 2.37. The minimum Gasteiger partial charge on any atom is -0.377 e. The van der Waals surface area contributed by atoms with Crippen molar-refractivity contribution in [1.82, 2.24) is 9.78 Å². The Balaban J connectivity index is 1.73. The van der Waals surface area contributed by atoms with Gasteiger partial charge in [-0.2, -0.15) is 5.10 Å². The third kappa shape index (κ3) is 3.48. The average Bonchev–Trinajstić information content (AvgIpc) is 2.43. The molecule has 1 aromatic heterocycles. The molecule has 21 heavy (non-hydrogen) atoms. The molecule has 0 bridgehead atoms. The second-order valence-electron chi connectivity index (χ2n) is 6.41. The van der Waals surface area contributed by atoms with Crippen molar-refractivity contribution in [2.24, 2.45) is 11.7 Å². The zero-order valence-electron chi connectivity index (χ0n) is 12.2. The van der Waals surface area contributed by atoms with E-state index in [0.717, 1.165) is 36.7 Å². The Bertz CT molecular complexity index is 547. The molecule has 6 heteroatoms. The molecule has 0 saturated heterocycles. The summed E-state index contributed by atoms with van der Waals surface area (Å²) in [6.45, 7) is 0.746. The lowest BCUT2D eigenvalue weighted by molar-refractivity contribution is 0.261. The van der Waals surface area contributed by atoms with E-state index in [-0.39, 0.29) is 5.56 Å². The molecule has 0 radical (unpaired) electrons. The Kier molecular flexibility index (Phi) is 4.64. The quantitative estimate of drug-likeness (QED) is 0.870. The number of aromatic nitrogens is 2. The Hall–Kier alpha value is -0.880. The summed E-state index contributed by atoms with van der Waals surface area (Å²) in [6, 6.07) is 0.660. The summed E-state index contributed by atoms with van der Waals surface area (Å²) in [5, 5.41) is 7.67. The maximum Gasteiger partial charge on any atom is 0.291 e. The zero-order chi connectivity index (χ0) is 14.8. The smallest absolute Gasteiger partial charge is 0.291 e. The standard InChI is InChI=1S/C15H23BrN4O/c16-13-8-18-20(9-10-2-1-3-10)15(21)14(13)19-12-6-4-11(17)5-7-12/h8,10-12,19H,1-7,9,17H2. The zero-order valence-corrected chi connectivity index (χ0v) is 13.8. The van der Waals surface area contributed by atoms with Gasteiger partial charge in [0.15, 0.2) is 0 Å². The van der Waals surface area contributed by atoms with Gasteiger partial charge in [-0.1, -0.05) is 6.42 Å². The van der Waals surface area contributed by atoms with Gasteiger partial charge in [-0.3, -0.25) is 4.79 Å². The van der Waals surface area contributed by atoms with E-state index in [1.54, 1.807) is 10.9 Å². The highest BCUT2D eigenvalue weighted by molar-refractivity contribution is 9.10. The molecule has 1 aromatic rings. The molecule has 0 unspecified atom stereocenters. The Morgan fingerprint density at radius 2 is 2.00 bits per heavy atom. The number of rotatable bonds is 4. The summed E-state index contributed by atoms with van der Waals surface area (Å²) in [5.41, 5.74) is 6.59. The first-order chi connectivity index (χ1) is 10.1. The van der Waals surface area contributed by atoms with Crippen LogP contribution < -0.4 is 16.6 Å². The minimum absolute atomic E-state index is 0.00820. The van der Waals surface area contributed by atoms with Gasteiger partial charge in [0, 0.05) is 18.6 Å². The summed E-state index contributed by atoms with van der Waals surface area (Å²) in [5.74, 6) is 0.622. The molecular formula is C15H23BrN4O. The lowest BCUT2D eigenvalue weighted by atomic mass is 9.85. The molecule has 116 valence electrons. The van der Waals surface area contributed by atoms with Crippen LogP contribution in [-0.4, -0.2) is 21.9 Å². The van der Waals surface area contributed by atoms with Gasteiger partial charge in [-0.15, -0.1) is 0 Å². The van der Waals surface area contributed by atoms with Gasteiger partial charge in [0.25, 0.3) is 5.56 Å². The van der Waals surface area contributed by atoms with Crippen molar-refractivity contribution in [2.75, 3.05) is 5.32 Å². The Labute approximate surface area is 133 Å². The van der Waals surface area contributed by atoms with Gasteiger partial charge in [0.2, 0.25) is 0 Å². The number of nitrogens with zero attached hydrogens (tertiary/aromatic N) is 2. The predicted molar refractivity (Wildman–Crippen MR) is 87.4 cm³/mol. The first kappa shape index (κ1) is 15.0. The minimum atomic E-state index is -0.00820. The third-order valence-electron chi connectivity index (χ3n) is 4.77. The SMILES string of the molecule is NC1CCC(Nc2c(Br)cnn(CC3CCC3)c2=O)CC1. The van der Waals surface area contributed by atoms with E-state index in [0.29, 0.717) is 23.7 Å². The molecule has 2 aliphatic rings. The van der Waals surface area contributed by atoms with Crippen molar-refractivity contribution in [2.45, 2.75) is 63.6 Å². The highest BCUT2D eigenvalue weighted by Crippen LogP contribution is 2.28. The summed E-state index contributed by atoms with van der Waals surface area (Å²) >= 11 is 3.45. The molecule has 3 rings (SSSR count). The monoisotopic (exact) mass is 354 g/mol. The molecule has 0 aliphatic heterocycles. The van der Waals surface area contributed by atoms with Crippen LogP contribution in [0.15, 0.2) is 15.5 Å². The number of hydrogen-bond acceptors (Lipinski definition) is 4. The van der Waals surface area contributed by atoms with Gasteiger partial charge in [0.1, 0.15) is 5.69 Å². The van der Waals surface area contributed by atoms with E-state index in [1.807, 2.05) is 0 Å². The van der Waals surface area contributed by atoms with Crippen LogP contribution in [0.25, 0.3) is 0 Å². The molecule has 3 N–H and O–H groups in total. The highest BCUT2D eigenvalue weighted by atomic mass is 79.9. The second kappa shape index (κ2) is 6.48. The maximum absolute atomic E-state index is 12.6. The average molecular weight is 355 g/mol. The van der Waals surface area contributed by atoms with Crippen LogP contribution in [0.4, 0.5) is 5.69 Å².